The van der Waals surface area contributed by atoms with E-state index in [1.807, 2.05) is 13.8 Å². The number of hydrogen-bond donors (Lipinski definition) is 0. The van der Waals surface area contributed by atoms with E-state index >= 15 is 0 Å². The Kier molecular flexibility index (Phi) is 2.80. The van der Waals surface area contributed by atoms with Crippen molar-refractivity contribution in [1.82, 2.24) is 0 Å². The Morgan fingerprint density at radius 1 is 1.33 bits per heavy atom. The van der Waals surface area contributed by atoms with Crippen LogP contribution in [0.3, 0.4) is 0 Å². The van der Waals surface area contributed by atoms with Crippen molar-refractivity contribution in [2.45, 2.75) is 38.9 Å². The molecule has 1 aromatic carbocycles. The van der Waals surface area contributed by atoms with E-state index in [2.05, 4.69) is 0 Å². The second kappa shape index (κ2) is 4.09. The average Bonchev–Trinajstić information content (AvgIpc) is 2.94. The van der Waals surface area contributed by atoms with E-state index in [9.17, 15) is 4.39 Å². The largest absolute Gasteiger partial charge is 0.491 e. The maximum absolute atomic E-state index is 13.3. The number of halogens is 1. The van der Waals surface area contributed by atoms with Crippen LogP contribution in [-0.2, 0) is 0 Å². The van der Waals surface area contributed by atoms with Crippen molar-refractivity contribution in [3.05, 3.63) is 24.0 Å². The van der Waals surface area contributed by atoms with Gasteiger partial charge in [-0.3, -0.25) is 0 Å². The van der Waals surface area contributed by atoms with Gasteiger partial charge in [-0.05, 0) is 38.8 Å². The van der Waals surface area contributed by atoms with Gasteiger partial charge in [-0.2, -0.15) is 0 Å². The van der Waals surface area contributed by atoms with Crippen LogP contribution in [0.15, 0.2) is 18.2 Å². The summed E-state index contributed by atoms with van der Waals surface area (Å²) in [7, 11) is 0. The van der Waals surface area contributed by atoms with Gasteiger partial charge >= 0.3 is 0 Å². The van der Waals surface area contributed by atoms with Crippen LogP contribution < -0.4 is 9.47 Å². The van der Waals surface area contributed by atoms with Crippen LogP contribution in [0, 0.1) is 5.82 Å². The van der Waals surface area contributed by atoms with Gasteiger partial charge < -0.3 is 9.47 Å². The van der Waals surface area contributed by atoms with Crippen LogP contribution in [0.2, 0.25) is 0 Å². The van der Waals surface area contributed by atoms with E-state index in [4.69, 9.17) is 9.47 Å². The Morgan fingerprint density at radius 3 is 2.67 bits per heavy atom. The molecule has 0 unspecified atom stereocenters. The van der Waals surface area contributed by atoms with Crippen molar-refractivity contribution < 1.29 is 13.9 Å². The fraction of sp³-hybridized carbons (Fsp3) is 0.500. The van der Waals surface area contributed by atoms with Gasteiger partial charge in [-0.1, -0.05) is 0 Å². The third-order valence-corrected chi connectivity index (χ3v) is 2.09. The Bertz CT molecular complexity index is 345. The summed E-state index contributed by atoms with van der Waals surface area (Å²) in [6, 6.07) is 4.62. The SMILES string of the molecule is CC(C)Oc1ccc(F)c(OC2CC2)c1. The first-order valence-corrected chi connectivity index (χ1v) is 5.28. The highest BCUT2D eigenvalue weighted by Gasteiger charge is 2.24. The highest BCUT2D eigenvalue weighted by molar-refractivity contribution is 5.35. The van der Waals surface area contributed by atoms with E-state index in [0.717, 1.165) is 12.8 Å². The molecular weight excluding hydrogens is 195 g/mol. The molecule has 1 aliphatic carbocycles. The summed E-state index contributed by atoms with van der Waals surface area (Å²) >= 11 is 0. The van der Waals surface area contributed by atoms with E-state index in [0.29, 0.717) is 11.5 Å². The standard InChI is InChI=1S/C12H15FO2/c1-8(2)14-10-5-6-11(13)12(7-10)15-9-3-4-9/h5-9H,3-4H2,1-2H3. The van der Waals surface area contributed by atoms with Crippen molar-refractivity contribution >= 4 is 0 Å². The van der Waals surface area contributed by atoms with Crippen LogP contribution in [0.5, 0.6) is 11.5 Å². The summed E-state index contributed by atoms with van der Waals surface area (Å²) in [4.78, 5) is 0. The molecule has 0 bridgehead atoms. The highest BCUT2D eigenvalue weighted by atomic mass is 19.1. The van der Waals surface area contributed by atoms with Gasteiger partial charge in [-0.15, -0.1) is 0 Å². The zero-order valence-corrected chi connectivity index (χ0v) is 9.00. The van der Waals surface area contributed by atoms with Crippen molar-refractivity contribution in [2.75, 3.05) is 0 Å². The summed E-state index contributed by atoms with van der Waals surface area (Å²) in [6.45, 7) is 3.87. The zero-order valence-electron chi connectivity index (χ0n) is 9.00. The molecule has 1 saturated carbocycles. The van der Waals surface area contributed by atoms with E-state index < -0.39 is 0 Å². The molecule has 1 aromatic rings. The molecule has 1 aliphatic rings. The Hall–Kier alpha value is -1.25. The average molecular weight is 210 g/mol. The molecule has 0 atom stereocenters. The van der Waals surface area contributed by atoms with E-state index in [1.54, 1.807) is 12.1 Å². The summed E-state index contributed by atoms with van der Waals surface area (Å²) in [5.74, 6) is 0.635. The number of benzene rings is 1. The molecule has 0 spiro atoms. The third-order valence-electron chi connectivity index (χ3n) is 2.09. The van der Waals surface area contributed by atoms with E-state index in [1.165, 1.54) is 6.07 Å². The molecule has 1 fully saturated rings. The van der Waals surface area contributed by atoms with Gasteiger partial charge in [-0.25, -0.2) is 4.39 Å². The zero-order chi connectivity index (χ0) is 10.8. The predicted molar refractivity (Wildman–Crippen MR) is 55.8 cm³/mol. The molecule has 3 heteroatoms. The van der Waals surface area contributed by atoms with Gasteiger partial charge in [0.1, 0.15) is 5.75 Å². The molecule has 0 radical (unpaired) electrons. The van der Waals surface area contributed by atoms with Crippen LogP contribution in [0.25, 0.3) is 0 Å². The molecule has 2 nitrogen and oxygen atoms in total. The smallest absolute Gasteiger partial charge is 0.165 e. The molecule has 0 aliphatic heterocycles. The fourth-order valence-electron chi connectivity index (χ4n) is 1.28. The molecule has 82 valence electrons. The first-order valence-electron chi connectivity index (χ1n) is 5.28. The maximum atomic E-state index is 13.3. The summed E-state index contributed by atoms with van der Waals surface area (Å²) in [5.41, 5.74) is 0. The second-order valence-corrected chi connectivity index (χ2v) is 4.08. The molecule has 2 rings (SSSR count). The molecule has 0 heterocycles. The fourth-order valence-corrected chi connectivity index (χ4v) is 1.28. The van der Waals surface area contributed by atoms with Crippen molar-refractivity contribution in [1.29, 1.82) is 0 Å². The molecule has 15 heavy (non-hydrogen) atoms. The minimum Gasteiger partial charge on any atom is -0.491 e. The Labute approximate surface area is 89.0 Å². The lowest BCUT2D eigenvalue weighted by atomic mass is 10.3. The monoisotopic (exact) mass is 210 g/mol. The summed E-state index contributed by atoms with van der Waals surface area (Å²) < 4.78 is 24.2. The van der Waals surface area contributed by atoms with Crippen LogP contribution in [0.4, 0.5) is 4.39 Å². The first kappa shape index (κ1) is 10.3. The Morgan fingerprint density at radius 2 is 2.07 bits per heavy atom. The summed E-state index contributed by atoms with van der Waals surface area (Å²) in [5, 5.41) is 0. The van der Waals surface area contributed by atoms with Gasteiger partial charge in [0.25, 0.3) is 0 Å². The topological polar surface area (TPSA) is 18.5 Å². The number of hydrogen-bond acceptors (Lipinski definition) is 2. The molecule has 0 amide bonds. The maximum Gasteiger partial charge on any atom is 0.165 e. The lowest BCUT2D eigenvalue weighted by Crippen LogP contribution is -2.06. The van der Waals surface area contributed by atoms with Gasteiger partial charge in [0, 0.05) is 6.07 Å². The van der Waals surface area contributed by atoms with E-state index in [-0.39, 0.29) is 18.0 Å². The highest BCUT2D eigenvalue weighted by Crippen LogP contribution is 2.31. The Balaban J connectivity index is 2.12. The quantitative estimate of drug-likeness (QED) is 0.760. The van der Waals surface area contributed by atoms with Crippen LogP contribution in [0.1, 0.15) is 26.7 Å². The second-order valence-electron chi connectivity index (χ2n) is 4.08. The normalized spacial score (nSPS) is 15.5. The number of rotatable bonds is 4. The first-order chi connectivity index (χ1) is 7.15. The van der Waals surface area contributed by atoms with Crippen molar-refractivity contribution in [2.24, 2.45) is 0 Å². The van der Waals surface area contributed by atoms with Gasteiger partial charge in [0.05, 0.1) is 12.2 Å². The predicted octanol–water partition coefficient (Wildman–Crippen LogP) is 3.15. The minimum atomic E-state index is -0.321. The number of ether oxygens (including phenoxy) is 2. The molecule has 0 N–H and O–H groups in total. The minimum absolute atomic E-state index is 0.0873. The summed E-state index contributed by atoms with van der Waals surface area (Å²) in [6.07, 6.45) is 2.33. The van der Waals surface area contributed by atoms with Gasteiger partial charge in [0.2, 0.25) is 0 Å². The van der Waals surface area contributed by atoms with Crippen molar-refractivity contribution in [3.63, 3.8) is 0 Å². The molecule has 0 aromatic heterocycles. The van der Waals surface area contributed by atoms with Gasteiger partial charge in [0.15, 0.2) is 11.6 Å². The van der Waals surface area contributed by atoms with Crippen molar-refractivity contribution in [3.8, 4) is 11.5 Å². The van der Waals surface area contributed by atoms with Crippen LogP contribution >= 0.6 is 0 Å². The third kappa shape index (κ3) is 2.85. The molecular formula is C12H15FO2. The lowest BCUT2D eigenvalue weighted by Gasteiger charge is -2.12. The lowest BCUT2D eigenvalue weighted by molar-refractivity contribution is 0.237. The van der Waals surface area contributed by atoms with Crippen LogP contribution in [-0.4, -0.2) is 12.2 Å². The molecule has 0 saturated heterocycles.